The Hall–Kier alpha value is -2.88. The number of rotatable bonds is 4. The van der Waals surface area contributed by atoms with E-state index in [9.17, 15) is 4.79 Å². The molecule has 0 aliphatic carbocycles. The van der Waals surface area contributed by atoms with Gasteiger partial charge in [0.25, 0.3) is 5.91 Å². The van der Waals surface area contributed by atoms with E-state index in [1.807, 2.05) is 62.4 Å². The molecule has 0 radical (unpaired) electrons. The number of hydrogen-bond donors (Lipinski definition) is 1. The maximum atomic E-state index is 12.1. The Morgan fingerprint density at radius 2 is 2.00 bits per heavy atom. The fourth-order valence-corrected chi connectivity index (χ4v) is 2.37. The van der Waals surface area contributed by atoms with Gasteiger partial charge in [0, 0.05) is 17.3 Å². The minimum absolute atomic E-state index is 0.0286. The maximum absolute atomic E-state index is 12.1. The normalized spacial score (nSPS) is 10.5. The molecule has 23 heavy (non-hydrogen) atoms. The van der Waals surface area contributed by atoms with E-state index >= 15 is 0 Å². The van der Waals surface area contributed by atoms with E-state index in [2.05, 4.69) is 10.3 Å². The van der Waals surface area contributed by atoms with Crippen LogP contribution in [0.5, 0.6) is 5.75 Å². The first kappa shape index (κ1) is 15.0. The molecule has 1 amide bonds. The van der Waals surface area contributed by atoms with E-state index in [1.165, 1.54) is 0 Å². The molecule has 2 aromatic carbocycles. The van der Waals surface area contributed by atoms with Crippen LogP contribution in [0, 0.1) is 13.8 Å². The number of amides is 1. The van der Waals surface area contributed by atoms with Gasteiger partial charge < -0.3 is 10.1 Å². The van der Waals surface area contributed by atoms with Gasteiger partial charge in [-0.15, -0.1) is 0 Å². The third kappa shape index (κ3) is 3.48. The zero-order chi connectivity index (χ0) is 16.2. The molecule has 3 aromatic rings. The van der Waals surface area contributed by atoms with Gasteiger partial charge in [-0.3, -0.25) is 9.78 Å². The lowest BCUT2D eigenvalue weighted by Gasteiger charge is -2.11. The summed E-state index contributed by atoms with van der Waals surface area (Å²) in [6.45, 7) is 3.98. The van der Waals surface area contributed by atoms with Crippen LogP contribution in [0.15, 0.2) is 54.7 Å². The Bertz CT molecular complexity index is 859. The fraction of sp³-hybridized carbons (Fsp3) is 0.158. The Balaban J connectivity index is 1.65. The monoisotopic (exact) mass is 306 g/mol. The molecule has 0 aliphatic rings. The van der Waals surface area contributed by atoms with Gasteiger partial charge in [0.15, 0.2) is 6.61 Å². The summed E-state index contributed by atoms with van der Waals surface area (Å²) >= 11 is 0. The second-order valence-electron chi connectivity index (χ2n) is 5.44. The number of anilines is 1. The van der Waals surface area contributed by atoms with Crippen LogP contribution in [0.3, 0.4) is 0 Å². The van der Waals surface area contributed by atoms with E-state index < -0.39 is 0 Å². The summed E-state index contributed by atoms with van der Waals surface area (Å²) in [5, 5.41) is 3.87. The molecule has 0 fully saturated rings. The van der Waals surface area contributed by atoms with Crippen LogP contribution in [-0.2, 0) is 4.79 Å². The first-order valence-corrected chi connectivity index (χ1v) is 7.47. The zero-order valence-electron chi connectivity index (χ0n) is 13.2. The van der Waals surface area contributed by atoms with Gasteiger partial charge in [-0.25, -0.2) is 0 Å². The standard InChI is InChI=1S/C19H18N2O2/c1-13-5-3-7-17(14(13)2)21-19(22)12-23-16-8-9-18-15(11-16)6-4-10-20-18/h3-11H,12H2,1-2H3,(H,21,22). The van der Waals surface area contributed by atoms with Gasteiger partial charge in [-0.1, -0.05) is 18.2 Å². The molecular formula is C19H18N2O2. The number of carbonyl (C=O) groups is 1. The van der Waals surface area contributed by atoms with Crippen molar-refractivity contribution in [3.8, 4) is 5.75 Å². The highest BCUT2D eigenvalue weighted by atomic mass is 16.5. The number of aromatic nitrogens is 1. The number of benzene rings is 2. The van der Waals surface area contributed by atoms with Crippen LogP contribution in [0.1, 0.15) is 11.1 Å². The Morgan fingerprint density at radius 3 is 2.87 bits per heavy atom. The number of hydrogen-bond acceptors (Lipinski definition) is 3. The minimum Gasteiger partial charge on any atom is -0.484 e. The number of nitrogens with zero attached hydrogens (tertiary/aromatic N) is 1. The van der Waals surface area contributed by atoms with E-state index in [0.717, 1.165) is 27.7 Å². The van der Waals surface area contributed by atoms with Crippen molar-refractivity contribution < 1.29 is 9.53 Å². The molecule has 4 nitrogen and oxygen atoms in total. The van der Waals surface area contributed by atoms with Gasteiger partial charge in [0.1, 0.15) is 5.75 Å². The molecule has 0 bridgehead atoms. The highest BCUT2D eigenvalue weighted by Crippen LogP contribution is 2.20. The minimum atomic E-state index is -0.176. The molecule has 0 saturated heterocycles. The SMILES string of the molecule is Cc1cccc(NC(=O)COc2ccc3ncccc3c2)c1C. The lowest BCUT2D eigenvalue weighted by atomic mass is 10.1. The largest absolute Gasteiger partial charge is 0.484 e. The van der Waals surface area contributed by atoms with Crippen LogP contribution in [-0.4, -0.2) is 17.5 Å². The van der Waals surface area contributed by atoms with E-state index in [-0.39, 0.29) is 12.5 Å². The predicted octanol–water partition coefficient (Wildman–Crippen LogP) is 3.87. The van der Waals surface area contributed by atoms with Crippen LogP contribution < -0.4 is 10.1 Å². The topological polar surface area (TPSA) is 51.2 Å². The van der Waals surface area contributed by atoms with Crippen molar-refractivity contribution in [2.45, 2.75) is 13.8 Å². The summed E-state index contributed by atoms with van der Waals surface area (Å²) in [5.41, 5.74) is 3.93. The number of fused-ring (bicyclic) bond motifs is 1. The van der Waals surface area contributed by atoms with Crippen molar-refractivity contribution >= 4 is 22.5 Å². The molecule has 0 atom stereocenters. The molecule has 1 N–H and O–H groups in total. The highest BCUT2D eigenvalue weighted by Gasteiger charge is 2.07. The summed E-state index contributed by atoms with van der Waals surface area (Å²) in [5.74, 6) is 0.478. The average molecular weight is 306 g/mol. The molecular weight excluding hydrogens is 288 g/mol. The zero-order valence-corrected chi connectivity index (χ0v) is 13.2. The molecule has 1 aromatic heterocycles. The number of ether oxygens (including phenoxy) is 1. The number of carbonyl (C=O) groups excluding carboxylic acids is 1. The van der Waals surface area contributed by atoms with Crippen molar-refractivity contribution in [3.63, 3.8) is 0 Å². The van der Waals surface area contributed by atoms with Gasteiger partial charge in [-0.05, 0) is 55.3 Å². The molecule has 0 saturated carbocycles. The fourth-order valence-electron chi connectivity index (χ4n) is 2.37. The summed E-state index contributed by atoms with van der Waals surface area (Å²) < 4.78 is 5.58. The third-order valence-electron chi connectivity index (χ3n) is 3.82. The first-order chi connectivity index (χ1) is 11.1. The van der Waals surface area contributed by atoms with Gasteiger partial charge in [-0.2, -0.15) is 0 Å². The van der Waals surface area contributed by atoms with Crippen LogP contribution in [0.25, 0.3) is 10.9 Å². The van der Waals surface area contributed by atoms with E-state index in [0.29, 0.717) is 5.75 Å². The van der Waals surface area contributed by atoms with Crippen LogP contribution in [0.2, 0.25) is 0 Å². The van der Waals surface area contributed by atoms with Crippen molar-refractivity contribution in [2.75, 3.05) is 11.9 Å². The molecule has 1 heterocycles. The number of pyridine rings is 1. The molecule has 0 spiro atoms. The Morgan fingerprint density at radius 1 is 1.13 bits per heavy atom. The van der Waals surface area contributed by atoms with Crippen molar-refractivity contribution in [1.29, 1.82) is 0 Å². The molecule has 4 heteroatoms. The molecule has 3 rings (SSSR count). The summed E-state index contributed by atoms with van der Waals surface area (Å²) in [7, 11) is 0. The van der Waals surface area contributed by atoms with Crippen molar-refractivity contribution in [3.05, 3.63) is 65.9 Å². The second kappa shape index (κ2) is 6.48. The summed E-state index contributed by atoms with van der Waals surface area (Å²) in [6, 6.07) is 15.3. The van der Waals surface area contributed by atoms with Crippen LogP contribution >= 0.6 is 0 Å². The molecule has 0 aliphatic heterocycles. The van der Waals surface area contributed by atoms with Crippen molar-refractivity contribution in [2.24, 2.45) is 0 Å². The summed E-state index contributed by atoms with van der Waals surface area (Å²) in [6.07, 6.45) is 1.75. The molecule has 0 unspecified atom stereocenters. The Labute approximate surface area is 135 Å². The first-order valence-electron chi connectivity index (χ1n) is 7.47. The van der Waals surface area contributed by atoms with Crippen molar-refractivity contribution in [1.82, 2.24) is 4.98 Å². The predicted molar refractivity (Wildman–Crippen MR) is 91.8 cm³/mol. The smallest absolute Gasteiger partial charge is 0.262 e. The quantitative estimate of drug-likeness (QED) is 0.796. The average Bonchev–Trinajstić information content (AvgIpc) is 2.57. The molecule has 116 valence electrons. The number of nitrogens with one attached hydrogen (secondary N) is 1. The van der Waals surface area contributed by atoms with E-state index in [1.54, 1.807) is 6.20 Å². The maximum Gasteiger partial charge on any atom is 0.262 e. The van der Waals surface area contributed by atoms with Gasteiger partial charge in [0.05, 0.1) is 5.52 Å². The lowest BCUT2D eigenvalue weighted by Crippen LogP contribution is -2.20. The van der Waals surface area contributed by atoms with Gasteiger partial charge >= 0.3 is 0 Å². The highest BCUT2D eigenvalue weighted by molar-refractivity contribution is 5.92. The Kier molecular flexibility index (Phi) is 4.24. The van der Waals surface area contributed by atoms with E-state index in [4.69, 9.17) is 4.74 Å². The number of aryl methyl sites for hydroxylation is 1. The van der Waals surface area contributed by atoms with Crippen LogP contribution in [0.4, 0.5) is 5.69 Å². The van der Waals surface area contributed by atoms with Gasteiger partial charge in [0.2, 0.25) is 0 Å². The second-order valence-corrected chi connectivity index (χ2v) is 5.44. The summed E-state index contributed by atoms with van der Waals surface area (Å²) in [4.78, 5) is 16.3. The lowest BCUT2D eigenvalue weighted by molar-refractivity contribution is -0.118. The third-order valence-corrected chi connectivity index (χ3v) is 3.82.